The normalized spacial score (nSPS) is 18.5. The molecule has 1 aliphatic rings. The molecule has 3 rings (SSSR count). The first-order chi connectivity index (χ1) is 16.0. The molecule has 1 fully saturated rings. The number of esters is 1. The van der Waals surface area contributed by atoms with E-state index in [9.17, 15) is 18.0 Å². The van der Waals surface area contributed by atoms with E-state index >= 15 is 0 Å². The number of ether oxygens (including phenoxy) is 1. The van der Waals surface area contributed by atoms with E-state index in [4.69, 9.17) is 4.74 Å². The highest BCUT2D eigenvalue weighted by molar-refractivity contribution is 5.91. The van der Waals surface area contributed by atoms with E-state index in [2.05, 4.69) is 13.0 Å². The second-order valence-corrected chi connectivity index (χ2v) is 9.07. The Labute approximate surface area is 194 Å². The van der Waals surface area contributed by atoms with Gasteiger partial charge in [0.05, 0.1) is 5.56 Å². The lowest BCUT2D eigenvalue weighted by Crippen LogP contribution is -2.14. The lowest BCUT2D eigenvalue weighted by Gasteiger charge is -2.28. The first-order valence-electron chi connectivity index (χ1n) is 12.1. The molecule has 0 radical (unpaired) electrons. The van der Waals surface area contributed by atoms with Crippen molar-refractivity contribution in [1.82, 2.24) is 0 Å². The highest BCUT2D eigenvalue weighted by Crippen LogP contribution is 2.34. The zero-order chi connectivity index (χ0) is 23.6. The monoisotopic (exact) mass is 458 g/mol. The van der Waals surface area contributed by atoms with Crippen LogP contribution in [0.5, 0.6) is 5.75 Å². The molecule has 33 heavy (non-hydrogen) atoms. The molecule has 0 amide bonds. The summed E-state index contributed by atoms with van der Waals surface area (Å²) in [6.45, 7) is 2.25. The molecule has 0 unspecified atom stereocenters. The van der Waals surface area contributed by atoms with Crippen molar-refractivity contribution in [3.8, 4) is 5.75 Å². The molecule has 1 aliphatic carbocycles. The fourth-order valence-electron chi connectivity index (χ4n) is 4.55. The van der Waals surface area contributed by atoms with Crippen molar-refractivity contribution < 1.29 is 22.7 Å². The third-order valence-electron chi connectivity index (χ3n) is 6.55. The number of rotatable bonds is 10. The summed E-state index contributed by atoms with van der Waals surface area (Å²) in [7, 11) is 0. The van der Waals surface area contributed by atoms with Crippen LogP contribution in [0.2, 0.25) is 0 Å². The first-order valence-corrected chi connectivity index (χ1v) is 12.1. The van der Waals surface area contributed by atoms with Crippen LogP contribution in [0.4, 0.5) is 13.2 Å². The van der Waals surface area contributed by atoms with Crippen molar-refractivity contribution in [2.24, 2.45) is 11.8 Å². The van der Waals surface area contributed by atoms with Crippen LogP contribution in [0.1, 0.15) is 87.1 Å². The van der Waals surface area contributed by atoms with E-state index < -0.39 is 23.4 Å². The van der Waals surface area contributed by atoms with Gasteiger partial charge in [0.2, 0.25) is 0 Å². The number of benzene rings is 2. The maximum atomic E-state index is 14.4. The summed E-state index contributed by atoms with van der Waals surface area (Å²) in [5.74, 6) is -2.35. The van der Waals surface area contributed by atoms with Crippen molar-refractivity contribution >= 4 is 12.0 Å². The summed E-state index contributed by atoms with van der Waals surface area (Å²) in [4.78, 5) is 12.2. The minimum absolute atomic E-state index is 0.183. The second-order valence-electron chi connectivity index (χ2n) is 9.07. The number of carbonyl (C=O) groups is 1. The maximum Gasteiger partial charge on any atom is 0.346 e. The van der Waals surface area contributed by atoms with Gasteiger partial charge in [0, 0.05) is 6.07 Å². The van der Waals surface area contributed by atoms with Crippen LogP contribution in [0.15, 0.2) is 42.5 Å². The van der Waals surface area contributed by atoms with Gasteiger partial charge >= 0.3 is 5.97 Å². The number of unbranched alkanes of at least 4 members (excludes halogenated alkanes) is 2. The molecule has 178 valence electrons. The largest absolute Gasteiger partial charge is 0.423 e. The van der Waals surface area contributed by atoms with Crippen LogP contribution in [0.25, 0.3) is 6.08 Å². The van der Waals surface area contributed by atoms with E-state index in [0.29, 0.717) is 5.56 Å². The lowest BCUT2D eigenvalue weighted by atomic mass is 9.78. The summed E-state index contributed by atoms with van der Waals surface area (Å²) in [6.07, 6.45) is 16.7. The van der Waals surface area contributed by atoms with Gasteiger partial charge in [-0.3, -0.25) is 0 Å². The van der Waals surface area contributed by atoms with Crippen molar-refractivity contribution in [3.63, 3.8) is 0 Å². The zero-order valence-electron chi connectivity index (χ0n) is 19.3. The number of hydrogen-bond acceptors (Lipinski definition) is 2. The molecular weight excluding hydrogens is 425 g/mol. The second kappa shape index (κ2) is 12.6. The maximum absolute atomic E-state index is 14.4. The van der Waals surface area contributed by atoms with Gasteiger partial charge in [0.1, 0.15) is 11.6 Å². The molecule has 5 heteroatoms. The summed E-state index contributed by atoms with van der Waals surface area (Å²) in [6, 6.07) is 6.98. The molecule has 2 aromatic rings. The zero-order valence-corrected chi connectivity index (χ0v) is 19.3. The Morgan fingerprint density at radius 3 is 2.30 bits per heavy atom. The predicted molar refractivity (Wildman–Crippen MR) is 126 cm³/mol. The minimum Gasteiger partial charge on any atom is -0.423 e. The van der Waals surface area contributed by atoms with Crippen molar-refractivity contribution in [2.45, 2.75) is 71.1 Å². The Balaban J connectivity index is 1.44. The summed E-state index contributed by atoms with van der Waals surface area (Å²) >= 11 is 0. The van der Waals surface area contributed by atoms with E-state index in [-0.39, 0.29) is 11.3 Å². The topological polar surface area (TPSA) is 26.3 Å². The standard InChI is InChI=1S/C28H33F3O2/c1-2-3-4-7-20-10-12-21(13-11-20)8-5-6-9-22-14-16-24(26(30)18-22)28(32)33-23-15-17-25(29)27(31)19-23/h6,9,14-21H,2-5,7-8,10-13H2,1H3/b9-6+. The molecule has 0 atom stereocenters. The van der Waals surface area contributed by atoms with Crippen molar-refractivity contribution in [2.75, 3.05) is 0 Å². The van der Waals surface area contributed by atoms with Gasteiger partial charge in [-0.2, -0.15) is 0 Å². The van der Waals surface area contributed by atoms with Gasteiger partial charge in [-0.25, -0.2) is 18.0 Å². The van der Waals surface area contributed by atoms with E-state index in [0.717, 1.165) is 42.9 Å². The van der Waals surface area contributed by atoms with Gasteiger partial charge < -0.3 is 4.74 Å². The molecule has 0 bridgehead atoms. The van der Waals surface area contributed by atoms with Crippen LogP contribution in [0.3, 0.4) is 0 Å². The SMILES string of the molecule is CCCCCC1CCC(CC/C=C/c2ccc(C(=O)Oc3ccc(F)c(F)c3)c(F)c2)CC1. The number of hydrogen-bond donors (Lipinski definition) is 0. The van der Waals surface area contributed by atoms with Gasteiger partial charge in [-0.15, -0.1) is 0 Å². The summed E-state index contributed by atoms with van der Waals surface area (Å²) < 4.78 is 45.6. The Hall–Kier alpha value is -2.56. The van der Waals surface area contributed by atoms with Gasteiger partial charge in [0.15, 0.2) is 11.6 Å². The Bertz CT molecular complexity index is 946. The van der Waals surface area contributed by atoms with Crippen molar-refractivity contribution in [1.29, 1.82) is 0 Å². The fraction of sp³-hybridized carbons (Fsp3) is 0.464. The van der Waals surface area contributed by atoms with E-state index in [1.54, 1.807) is 6.07 Å². The Morgan fingerprint density at radius 1 is 0.909 bits per heavy atom. The van der Waals surface area contributed by atoms with Crippen LogP contribution >= 0.6 is 0 Å². The smallest absolute Gasteiger partial charge is 0.346 e. The Kier molecular flexibility index (Phi) is 9.59. The predicted octanol–water partition coefficient (Wildman–Crippen LogP) is 8.50. The molecule has 0 N–H and O–H groups in total. The van der Waals surface area contributed by atoms with Crippen LogP contribution in [0, 0.1) is 29.3 Å². The van der Waals surface area contributed by atoms with E-state index in [1.165, 1.54) is 63.5 Å². The molecular formula is C28H33F3O2. The summed E-state index contributed by atoms with van der Waals surface area (Å²) in [5.41, 5.74) is 0.407. The number of halogens is 3. The number of carbonyl (C=O) groups excluding carboxylic acids is 1. The average Bonchev–Trinajstić information content (AvgIpc) is 2.80. The highest BCUT2D eigenvalue weighted by Gasteiger charge is 2.20. The average molecular weight is 459 g/mol. The van der Waals surface area contributed by atoms with Crippen LogP contribution in [-0.4, -0.2) is 5.97 Å². The van der Waals surface area contributed by atoms with Crippen LogP contribution in [-0.2, 0) is 0 Å². The van der Waals surface area contributed by atoms with Crippen molar-refractivity contribution in [3.05, 3.63) is 71.1 Å². The third-order valence-corrected chi connectivity index (χ3v) is 6.55. The van der Waals surface area contributed by atoms with E-state index in [1.807, 2.05) is 6.08 Å². The van der Waals surface area contributed by atoms with Gasteiger partial charge in [0.25, 0.3) is 0 Å². The van der Waals surface area contributed by atoms with Gasteiger partial charge in [-0.05, 0) is 54.5 Å². The highest BCUT2D eigenvalue weighted by atomic mass is 19.2. The molecule has 1 saturated carbocycles. The molecule has 0 spiro atoms. The molecule has 2 aromatic carbocycles. The molecule has 0 heterocycles. The van der Waals surface area contributed by atoms with Gasteiger partial charge in [-0.1, -0.05) is 76.5 Å². The fourth-order valence-corrected chi connectivity index (χ4v) is 4.55. The molecule has 0 saturated heterocycles. The first kappa shape index (κ1) is 25.1. The lowest BCUT2D eigenvalue weighted by molar-refractivity contribution is 0.0729. The molecule has 2 nitrogen and oxygen atoms in total. The molecule has 0 aliphatic heterocycles. The Morgan fingerprint density at radius 2 is 1.64 bits per heavy atom. The minimum atomic E-state index is -1.14. The number of allylic oxidation sites excluding steroid dienone is 1. The molecule has 0 aromatic heterocycles. The summed E-state index contributed by atoms with van der Waals surface area (Å²) in [5, 5.41) is 0. The third kappa shape index (κ3) is 7.76. The quantitative estimate of drug-likeness (QED) is 0.203. The van der Waals surface area contributed by atoms with Crippen LogP contribution < -0.4 is 4.74 Å².